The van der Waals surface area contributed by atoms with Gasteiger partial charge in [-0.1, -0.05) is 17.7 Å². The summed E-state index contributed by atoms with van der Waals surface area (Å²) < 4.78 is 2.03. The molecular formula is C15H22N4. The van der Waals surface area contributed by atoms with Gasteiger partial charge >= 0.3 is 0 Å². The lowest BCUT2D eigenvalue weighted by molar-refractivity contribution is 0.525. The first-order valence-corrected chi connectivity index (χ1v) is 6.53. The van der Waals surface area contributed by atoms with Crippen molar-refractivity contribution in [1.82, 2.24) is 15.0 Å². The van der Waals surface area contributed by atoms with E-state index in [1.54, 1.807) is 0 Å². The molecule has 1 unspecified atom stereocenters. The van der Waals surface area contributed by atoms with Crippen molar-refractivity contribution in [2.45, 2.75) is 33.2 Å². The topological polar surface area (TPSA) is 55.9 Å². The summed E-state index contributed by atoms with van der Waals surface area (Å²) in [7, 11) is 2.00. The minimum Gasteiger partial charge on any atom is -0.338 e. The van der Waals surface area contributed by atoms with Crippen molar-refractivity contribution >= 4 is 0 Å². The van der Waals surface area contributed by atoms with E-state index in [9.17, 15) is 0 Å². The quantitative estimate of drug-likeness (QED) is 0.652. The van der Waals surface area contributed by atoms with Crippen molar-refractivity contribution in [2.75, 3.05) is 0 Å². The van der Waals surface area contributed by atoms with E-state index in [4.69, 9.17) is 5.84 Å². The number of hydrogen-bond donors (Lipinski definition) is 2. The maximum absolute atomic E-state index is 5.76. The fourth-order valence-corrected chi connectivity index (χ4v) is 2.76. The average Bonchev–Trinajstić information content (AvgIpc) is 2.72. The highest BCUT2D eigenvalue weighted by molar-refractivity contribution is 5.40. The van der Waals surface area contributed by atoms with Gasteiger partial charge in [-0.3, -0.25) is 11.3 Å². The number of benzene rings is 1. The molecule has 0 saturated heterocycles. The lowest BCUT2D eigenvalue weighted by atomic mass is 9.92. The Morgan fingerprint density at radius 3 is 2.37 bits per heavy atom. The van der Waals surface area contributed by atoms with Gasteiger partial charge in [0, 0.05) is 25.9 Å². The molecule has 1 aromatic carbocycles. The molecule has 0 spiro atoms. The predicted molar refractivity (Wildman–Crippen MR) is 77.6 cm³/mol. The van der Waals surface area contributed by atoms with E-state index in [1.807, 2.05) is 24.0 Å². The summed E-state index contributed by atoms with van der Waals surface area (Å²) in [5.74, 6) is 6.79. The molecule has 0 amide bonds. The van der Waals surface area contributed by atoms with Crippen LogP contribution in [0.1, 0.15) is 34.1 Å². The third-order valence-electron chi connectivity index (χ3n) is 3.60. The summed E-state index contributed by atoms with van der Waals surface area (Å²) in [5.41, 5.74) is 8.04. The van der Waals surface area contributed by atoms with Gasteiger partial charge in [0.1, 0.15) is 5.82 Å². The van der Waals surface area contributed by atoms with Crippen molar-refractivity contribution in [2.24, 2.45) is 12.9 Å². The van der Waals surface area contributed by atoms with Crippen LogP contribution in [0.5, 0.6) is 0 Å². The molecule has 0 aliphatic rings. The monoisotopic (exact) mass is 258 g/mol. The lowest BCUT2D eigenvalue weighted by Gasteiger charge is -2.21. The zero-order valence-electron chi connectivity index (χ0n) is 12.1. The van der Waals surface area contributed by atoms with Crippen LogP contribution >= 0.6 is 0 Å². The molecule has 4 nitrogen and oxygen atoms in total. The number of hydrazine groups is 1. The molecule has 2 rings (SSSR count). The van der Waals surface area contributed by atoms with Crippen molar-refractivity contribution in [3.05, 3.63) is 52.6 Å². The van der Waals surface area contributed by atoms with Gasteiger partial charge in [-0.05, 0) is 37.5 Å². The molecule has 1 atom stereocenters. The van der Waals surface area contributed by atoms with Crippen molar-refractivity contribution in [3.8, 4) is 0 Å². The second-order valence-electron chi connectivity index (χ2n) is 5.19. The molecule has 1 aromatic heterocycles. The fraction of sp³-hybridized carbons (Fsp3) is 0.400. The van der Waals surface area contributed by atoms with E-state index in [0.29, 0.717) is 0 Å². The van der Waals surface area contributed by atoms with Crippen molar-refractivity contribution < 1.29 is 0 Å². The Balaban J connectivity index is 2.35. The van der Waals surface area contributed by atoms with Crippen LogP contribution in [0.4, 0.5) is 0 Å². The molecule has 0 radical (unpaired) electrons. The Labute approximate surface area is 114 Å². The van der Waals surface area contributed by atoms with Crippen LogP contribution in [0.3, 0.4) is 0 Å². The maximum Gasteiger partial charge on any atom is 0.110 e. The molecule has 4 heteroatoms. The number of hydrogen-bond acceptors (Lipinski definition) is 3. The number of nitrogens with two attached hydrogens (primary N) is 1. The molecule has 102 valence electrons. The smallest absolute Gasteiger partial charge is 0.110 e. The summed E-state index contributed by atoms with van der Waals surface area (Å²) in [6.07, 6.45) is 4.56. The minimum atomic E-state index is 0.0849. The van der Waals surface area contributed by atoms with E-state index in [0.717, 1.165) is 12.2 Å². The van der Waals surface area contributed by atoms with E-state index in [2.05, 4.69) is 43.3 Å². The van der Waals surface area contributed by atoms with Gasteiger partial charge in [-0.2, -0.15) is 0 Å². The lowest BCUT2D eigenvalue weighted by Crippen LogP contribution is -2.31. The Morgan fingerprint density at radius 2 is 1.89 bits per heavy atom. The SMILES string of the molecule is Cc1cc(C)c(C(Cc2nccn2C)NN)c(C)c1. The summed E-state index contributed by atoms with van der Waals surface area (Å²) in [6, 6.07) is 4.48. The van der Waals surface area contributed by atoms with E-state index in [-0.39, 0.29) is 6.04 Å². The van der Waals surface area contributed by atoms with Gasteiger partial charge in [0.25, 0.3) is 0 Å². The van der Waals surface area contributed by atoms with E-state index in [1.165, 1.54) is 22.3 Å². The third kappa shape index (κ3) is 2.85. The van der Waals surface area contributed by atoms with Gasteiger partial charge < -0.3 is 4.57 Å². The van der Waals surface area contributed by atoms with Gasteiger partial charge in [0.05, 0.1) is 6.04 Å². The van der Waals surface area contributed by atoms with Crippen LogP contribution in [-0.4, -0.2) is 9.55 Å². The largest absolute Gasteiger partial charge is 0.338 e. The molecule has 0 bridgehead atoms. The van der Waals surface area contributed by atoms with Gasteiger partial charge in [-0.15, -0.1) is 0 Å². The minimum absolute atomic E-state index is 0.0849. The molecule has 0 saturated carbocycles. The first-order valence-electron chi connectivity index (χ1n) is 6.53. The number of nitrogens with zero attached hydrogens (tertiary/aromatic N) is 2. The van der Waals surface area contributed by atoms with Gasteiger partial charge in [0.15, 0.2) is 0 Å². The molecular weight excluding hydrogens is 236 g/mol. The van der Waals surface area contributed by atoms with Crippen LogP contribution in [0.2, 0.25) is 0 Å². The molecule has 2 aromatic rings. The molecule has 0 aliphatic carbocycles. The Morgan fingerprint density at radius 1 is 1.26 bits per heavy atom. The first kappa shape index (κ1) is 13.8. The maximum atomic E-state index is 5.76. The Bertz CT molecular complexity index is 548. The molecule has 1 heterocycles. The molecule has 3 N–H and O–H groups in total. The number of imidazole rings is 1. The molecule has 19 heavy (non-hydrogen) atoms. The van der Waals surface area contributed by atoms with E-state index < -0.39 is 0 Å². The summed E-state index contributed by atoms with van der Waals surface area (Å²) >= 11 is 0. The summed E-state index contributed by atoms with van der Waals surface area (Å²) in [6.45, 7) is 6.39. The second-order valence-corrected chi connectivity index (χ2v) is 5.19. The third-order valence-corrected chi connectivity index (χ3v) is 3.60. The highest BCUT2D eigenvalue weighted by Crippen LogP contribution is 2.25. The second kappa shape index (κ2) is 5.55. The van der Waals surface area contributed by atoms with Crippen LogP contribution in [0.15, 0.2) is 24.5 Å². The summed E-state index contributed by atoms with van der Waals surface area (Å²) in [4.78, 5) is 4.37. The fourth-order valence-electron chi connectivity index (χ4n) is 2.76. The highest BCUT2D eigenvalue weighted by Gasteiger charge is 2.17. The molecule has 0 fully saturated rings. The zero-order valence-corrected chi connectivity index (χ0v) is 12.1. The molecule has 0 aliphatic heterocycles. The van der Waals surface area contributed by atoms with Crippen LogP contribution in [0.25, 0.3) is 0 Å². The number of nitrogens with one attached hydrogen (secondary N) is 1. The van der Waals surface area contributed by atoms with Crippen molar-refractivity contribution in [1.29, 1.82) is 0 Å². The number of aromatic nitrogens is 2. The first-order chi connectivity index (χ1) is 9.02. The number of aryl methyl sites for hydroxylation is 4. The predicted octanol–water partition coefficient (Wildman–Crippen LogP) is 2.09. The van der Waals surface area contributed by atoms with Crippen molar-refractivity contribution in [3.63, 3.8) is 0 Å². The van der Waals surface area contributed by atoms with Gasteiger partial charge in [-0.25, -0.2) is 4.98 Å². The van der Waals surface area contributed by atoms with Gasteiger partial charge in [0.2, 0.25) is 0 Å². The Hall–Kier alpha value is -1.65. The van der Waals surface area contributed by atoms with E-state index >= 15 is 0 Å². The zero-order chi connectivity index (χ0) is 14.0. The average molecular weight is 258 g/mol. The normalized spacial score (nSPS) is 12.7. The highest BCUT2D eigenvalue weighted by atomic mass is 15.2. The number of rotatable bonds is 4. The van der Waals surface area contributed by atoms with Crippen LogP contribution < -0.4 is 11.3 Å². The van der Waals surface area contributed by atoms with Crippen LogP contribution in [-0.2, 0) is 13.5 Å². The van der Waals surface area contributed by atoms with Crippen LogP contribution in [0, 0.1) is 20.8 Å². The standard InChI is InChI=1S/C15H22N4/c1-10-7-11(2)15(12(3)8-10)13(18-16)9-14-17-5-6-19(14)4/h5-8,13,18H,9,16H2,1-4H3. The summed E-state index contributed by atoms with van der Waals surface area (Å²) in [5, 5.41) is 0. The Kier molecular flexibility index (Phi) is 4.02.